The Bertz CT molecular complexity index is 594. The number of anilines is 1. The van der Waals surface area contributed by atoms with E-state index in [9.17, 15) is 13.2 Å². The van der Waals surface area contributed by atoms with Gasteiger partial charge in [0.2, 0.25) is 0 Å². The van der Waals surface area contributed by atoms with Crippen LogP contribution < -0.4 is 15.2 Å². The smallest absolute Gasteiger partial charge is 0.457 e. The lowest BCUT2D eigenvalue weighted by molar-refractivity contribution is -0.274. The topological polar surface area (TPSA) is 44.5 Å². The van der Waals surface area contributed by atoms with Gasteiger partial charge in [0.15, 0.2) is 0 Å². The summed E-state index contributed by atoms with van der Waals surface area (Å²) in [5.41, 5.74) is 7.07. The van der Waals surface area contributed by atoms with Gasteiger partial charge in [-0.15, -0.1) is 13.2 Å². The van der Waals surface area contributed by atoms with Crippen LogP contribution in [0.25, 0.3) is 0 Å². The molecule has 2 N–H and O–H groups in total. The van der Waals surface area contributed by atoms with Crippen LogP contribution in [0.5, 0.6) is 17.2 Å². The Kier molecular flexibility index (Phi) is 3.74. The SMILES string of the molecule is Cc1cc(N)ccc1Oc1ccc(OC(F)(F)F)cc1. The third kappa shape index (κ3) is 3.81. The summed E-state index contributed by atoms with van der Waals surface area (Å²) in [6, 6.07) is 10.3. The number of ether oxygens (including phenoxy) is 2. The highest BCUT2D eigenvalue weighted by atomic mass is 19.4. The minimum atomic E-state index is -4.70. The molecule has 0 heterocycles. The molecule has 3 nitrogen and oxygen atoms in total. The summed E-state index contributed by atoms with van der Waals surface area (Å²) < 4.78 is 45.4. The van der Waals surface area contributed by atoms with Crippen molar-refractivity contribution in [3.63, 3.8) is 0 Å². The maximum atomic E-state index is 12.0. The molecule has 0 unspecified atom stereocenters. The average molecular weight is 283 g/mol. The van der Waals surface area contributed by atoms with Crippen molar-refractivity contribution in [2.45, 2.75) is 13.3 Å². The predicted molar refractivity (Wildman–Crippen MR) is 68.8 cm³/mol. The van der Waals surface area contributed by atoms with Crippen LogP contribution >= 0.6 is 0 Å². The lowest BCUT2D eigenvalue weighted by Gasteiger charge is -2.11. The normalized spacial score (nSPS) is 11.2. The van der Waals surface area contributed by atoms with Gasteiger partial charge in [0.05, 0.1) is 0 Å². The fourth-order valence-electron chi connectivity index (χ4n) is 1.62. The number of aryl methyl sites for hydroxylation is 1. The van der Waals surface area contributed by atoms with E-state index in [2.05, 4.69) is 4.74 Å². The van der Waals surface area contributed by atoms with Gasteiger partial charge in [-0.05, 0) is 55.0 Å². The number of nitrogen functional groups attached to an aromatic ring is 1. The summed E-state index contributed by atoms with van der Waals surface area (Å²) >= 11 is 0. The molecule has 0 amide bonds. The molecule has 2 aromatic rings. The van der Waals surface area contributed by atoms with Crippen molar-refractivity contribution >= 4 is 5.69 Å². The molecule has 0 aliphatic rings. The van der Waals surface area contributed by atoms with Crippen LogP contribution in [-0.4, -0.2) is 6.36 Å². The minimum absolute atomic E-state index is 0.293. The molecule has 2 rings (SSSR count). The highest BCUT2D eigenvalue weighted by Crippen LogP contribution is 2.29. The second-order valence-corrected chi connectivity index (χ2v) is 4.15. The van der Waals surface area contributed by atoms with E-state index in [-0.39, 0.29) is 5.75 Å². The van der Waals surface area contributed by atoms with E-state index < -0.39 is 6.36 Å². The van der Waals surface area contributed by atoms with E-state index in [1.54, 1.807) is 18.2 Å². The Hall–Kier alpha value is -2.37. The summed E-state index contributed by atoms with van der Waals surface area (Å²) in [6.07, 6.45) is -4.70. The maximum Gasteiger partial charge on any atom is 0.573 e. The van der Waals surface area contributed by atoms with Gasteiger partial charge in [-0.3, -0.25) is 0 Å². The highest BCUT2D eigenvalue weighted by molar-refractivity contribution is 5.48. The Labute approximate surface area is 113 Å². The van der Waals surface area contributed by atoms with E-state index >= 15 is 0 Å². The molecule has 0 spiro atoms. The van der Waals surface area contributed by atoms with Gasteiger partial charge in [-0.1, -0.05) is 0 Å². The van der Waals surface area contributed by atoms with Crippen molar-refractivity contribution < 1.29 is 22.6 Å². The van der Waals surface area contributed by atoms with Crippen LogP contribution in [-0.2, 0) is 0 Å². The number of halogens is 3. The van der Waals surface area contributed by atoms with Crippen molar-refractivity contribution in [2.24, 2.45) is 0 Å². The quantitative estimate of drug-likeness (QED) is 0.856. The van der Waals surface area contributed by atoms with Crippen LogP contribution in [0, 0.1) is 6.92 Å². The third-order valence-corrected chi connectivity index (χ3v) is 2.48. The van der Waals surface area contributed by atoms with E-state index in [1.807, 2.05) is 6.92 Å². The molecule has 0 saturated carbocycles. The summed E-state index contributed by atoms with van der Waals surface area (Å²) in [5.74, 6) is 0.704. The molecule has 0 saturated heterocycles. The number of hydrogen-bond donors (Lipinski definition) is 1. The first kappa shape index (κ1) is 14.0. The molecular weight excluding hydrogens is 271 g/mol. The van der Waals surface area contributed by atoms with Crippen LogP contribution in [0.3, 0.4) is 0 Å². The number of alkyl halides is 3. The molecule has 0 aromatic heterocycles. The first-order valence-electron chi connectivity index (χ1n) is 5.73. The molecular formula is C14H12F3NO2. The van der Waals surface area contributed by atoms with Crippen molar-refractivity contribution in [3.8, 4) is 17.2 Å². The molecule has 0 bridgehead atoms. The number of hydrogen-bond acceptors (Lipinski definition) is 3. The van der Waals surface area contributed by atoms with Crippen LogP contribution in [0.2, 0.25) is 0 Å². The largest absolute Gasteiger partial charge is 0.573 e. The molecule has 0 radical (unpaired) electrons. The van der Waals surface area contributed by atoms with E-state index in [0.717, 1.165) is 5.56 Å². The fraction of sp³-hybridized carbons (Fsp3) is 0.143. The zero-order chi connectivity index (χ0) is 14.8. The Balaban J connectivity index is 2.11. The van der Waals surface area contributed by atoms with Crippen molar-refractivity contribution in [3.05, 3.63) is 48.0 Å². The second kappa shape index (κ2) is 5.32. The van der Waals surface area contributed by atoms with Crippen molar-refractivity contribution in [2.75, 3.05) is 5.73 Å². The molecule has 106 valence electrons. The van der Waals surface area contributed by atoms with Gasteiger partial charge in [0.25, 0.3) is 0 Å². The summed E-state index contributed by atoms with van der Waals surface area (Å²) in [4.78, 5) is 0. The van der Waals surface area contributed by atoms with Crippen molar-refractivity contribution in [1.29, 1.82) is 0 Å². The van der Waals surface area contributed by atoms with Gasteiger partial charge in [-0.25, -0.2) is 0 Å². The summed E-state index contributed by atoms with van der Waals surface area (Å²) in [6.45, 7) is 1.83. The molecule has 6 heteroatoms. The van der Waals surface area contributed by atoms with Gasteiger partial charge in [0, 0.05) is 5.69 Å². The lowest BCUT2D eigenvalue weighted by atomic mass is 10.2. The summed E-state index contributed by atoms with van der Waals surface area (Å²) in [5, 5.41) is 0. The zero-order valence-corrected chi connectivity index (χ0v) is 10.6. The minimum Gasteiger partial charge on any atom is -0.457 e. The second-order valence-electron chi connectivity index (χ2n) is 4.15. The Morgan fingerprint density at radius 2 is 1.55 bits per heavy atom. The fourth-order valence-corrected chi connectivity index (χ4v) is 1.62. The van der Waals surface area contributed by atoms with E-state index in [1.165, 1.54) is 24.3 Å². The standard InChI is InChI=1S/C14H12F3NO2/c1-9-8-10(18)2-7-13(9)19-11-3-5-12(6-4-11)20-14(15,16)17/h2-8H,18H2,1H3. The van der Waals surface area contributed by atoms with Crippen LogP contribution in [0.1, 0.15) is 5.56 Å². The monoisotopic (exact) mass is 283 g/mol. The third-order valence-electron chi connectivity index (χ3n) is 2.48. The lowest BCUT2D eigenvalue weighted by Crippen LogP contribution is -2.16. The van der Waals surface area contributed by atoms with E-state index in [0.29, 0.717) is 17.2 Å². The Morgan fingerprint density at radius 3 is 2.10 bits per heavy atom. The maximum absolute atomic E-state index is 12.0. The highest BCUT2D eigenvalue weighted by Gasteiger charge is 2.30. The molecule has 0 aliphatic heterocycles. The predicted octanol–water partition coefficient (Wildman–Crippen LogP) is 4.27. The van der Waals surface area contributed by atoms with Gasteiger partial charge < -0.3 is 15.2 Å². The van der Waals surface area contributed by atoms with Crippen LogP contribution in [0.4, 0.5) is 18.9 Å². The van der Waals surface area contributed by atoms with Gasteiger partial charge in [0.1, 0.15) is 17.2 Å². The molecule has 0 aliphatic carbocycles. The van der Waals surface area contributed by atoms with Crippen molar-refractivity contribution in [1.82, 2.24) is 0 Å². The molecule has 20 heavy (non-hydrogen) atoms. The zero-order valence-electron chi connectivity index (χ0n) is 10.6. The Morgan fingerprint density at radius 1 is 0.950 bits per heavy atom. The van der Waals surface area contributed by atoms with E-state index in [4.69, 9.17) is 10.5 Å². The molecule has 0 fully saturated rings. The first-order chi connectivity index (χ1) is 9.33. The number of rotatable bonds is 3. The first-order valence-corrected chi connectivity index (χ1v) is 5.73. The molecule has 2 aromatic carbocycles. The van der Waals surface area contributed by atoms with Gasteiger partial charge >= 0.3 is 6.36 Å². The molecule has 0 atom stereocenters. The summed E-state index contributed by atoms with van der Waals surface area (Å²) in [7, 11) is 0. The number of nitrogens with two attached hydrogens (primary N) is 1. The van der Waals surface area contributed by atoms with Gasteiger partial charge in [-0.2, -0.15) is 0 Å². The number of benzene rings is 2. The average Bonchev–Trinajstić information content (AvgIpc) is 2.33. The van der Waals surface area contributed by atoms with Crippen LogP contribution in [0.15, 0.2) is 42.5 Å².